The minimum absolute atomic E-state index is 0.0826. The lowest BCUT2D eigenvalue weighted by atomic mass is 10.1. The Morgan fingerprint density at radius 1 is 1.33 bits per heavy atom. The number of methoxy groups -OCH3 is 2. The average molecular weight is 290 g/mol. The van der Waals surface area contributed by atoms with Crippen molar-refractivity contribution < 1.29 is 9.47 Å². The van der Waals surface area contributed by atoms with Gasteiger partial charge in [0.05, 0.1) is 31.5 Å². The van der Waals surface area contributed by atoms with Crippen LogP contribution < -0.4 is 20.5 Å². The number of nitrogens with two attached hydrogens (primary N) is 1. The molecule has 0 saturated carbocycles. The smallest absolute Gasteiger partial charge is 0.216 e. The topological polar surface area (TPSA) is 74.3 Å². The third-order valence-electron chi connectivity index (χ3n) is 3.40. The molecule has 0 aliphatic heterocycles. The molecule has 0 bridgehead atoms. The van der Waals surface area contributed by atoms with Gasteiger partial charge in [-0.25, -0.2) is 4.68 Å². The van der Waals surface area contributed by atoms with E-state index in [0.717, 1.165) is 28.6 Å². The predicted molar refractivity (Wildman–Crippen MR) is 82.9 cm³/mol. The molecular weight excluding hydrogens is 268 g/mol. The number of hydrogen-bond donors (Lipinski definition) is 2. The van der Waals surface area contributed by atoms with E-state index in [1.54, 1.807) is 18.9 Å². The quantitative estimate of drug-likeness (QED) is 0.849. The Hall–Kier alpha value is -2.21. The fraction of sp³-hybridized carbons (Fsp3) is 0.400. The minimum Gasteiger partial charge on any atom is -0.497 e. The van der Waals surface area contributed by atoms with Crippen LogP contribution in [0, 0.1) is 6.92 Å². The number of benzene rings is 1. The summed E-state index contributed by atoms with van der Waals surface area (Å²) in [6.07, 6.45) is 0. The molecule has 6 heteroatoms. The molecule has 2 rings (SSSR count). The lowest BCUT2D eigenvalue weighted by molar-refractivity contribution is 0.367. The molecule has 0 fully saturated rings. The summed E-state index contributed by atoms with van der Waals surface area (Å²) in [5, 5.41) is 7.81. The zero-order valence-corrected chi connectivity index (χ0v) is 12.9. The van der Waals surface area contributed by atoms with Gasteiger partial charge in [0.1, 0.15) is 5.75 Å². The molecule has 1 aromatic heterocycles. The van der Waals surface area contributed by atoms with E-state index < -0.39 is 0 Å². The molecule has 21 heavy (non-hydrogen) atoms. The summed E-state index contributed by atoms with van der Waals surface area (Å²) < 4.78 is 12.4. The summed E-state index contributed by atoms with van der Waals surface area (Å²) in [5.74, 6) is 1.52. The van der Waals surface area contributed by atoms with Crippen LogP contribution >= 0.6 is 0 Å². The van der Waals surface area contributed by atoms with E-state index in [1.165, 1.54) is 0 Å². The molecule has 0 radical (unpaired) electrons. The van der Waals surface area contributed by atoms with Crippen molar-refractivity contribution in [3.8, 4) is 11.6 Å². The van der Waals surface area contributed by atoms with Crippen LogP contribution in [0.4, 0.5) is 5.69 Å². The van der Waals surface area contributed by atoms with Crippen molar-refractivity contribution in [2.75, 3.05) is 26.1 Å². The van der Waals surface area contributed by atoms with Crippen LogP contribution in [0.5, 0.6) is 11.6 Å². The lowest BCUT2D eigenvalue weighted by Crippen LogP contribution is -2.21. The van der Waals surface area contributed by atoms with E-state index in [2.05, 4.69) is 10.4 Å². The first-order valence-electron chi connectivity index (χ1n) is 6.78. The van der Waals surface area contributed by atoms with Gasteiger partial charge in [-0.2, -0.15) is 5.10 Å². The van der Waals surface area contributed by atoms with Crippen LogP contribution in [0.1, 0.15) is 17.3 Å². The monoisotopic (exact) mass is 290 g/mol. The molecular formula is C15H22N4O2. The molecule has 0 aliphatic rings. The summed E-state index contributed by atoms with van der Waals surface area (Å²) in [7, 11) is 5.14. The van der Waals surface area contributed by atoms with Gasteiger partial charge in [-0.05, 0) is 19.1 Å². The highest BCUT2D eigenvalue weighted by molar-refractivity contribution is 5.51. The van der Waals surface area contributed by atoms with Crippen molar-refractivity contribution in [2.45, 2.75) is 13.0 Å². The van der Waals surface area contributed by atoms with Crippen molar-refractivity contribution in [1.82, 2.24) is 9.78 Å². The third kappa shape index (κ3) is 3.11. The molecule has 1 atom stereocenters. The highest BCUT2D eigenvalue weighted by Crippen LogP contribution is 2.30. The van der Waals surface area contributed by atoms with Gasteiger partial charge in [0.25, 0.3) is 0 Å². The Kier molecular flexibility index (Phi) is 4.70. The average Bonchev–Trinajstić information content (AvgIpc) is 2.78. The van der Waals surface area contributed by atoms with Crippen molar-refractivity contribution in [3.05, 3.63) is 35.5 Å². The number of rotatable bonds is 6. The second kappa shape index (κ2) is 6.49. The zero-order valence-electron chi connectivity index (χ0n) is 12.9. The Labute approximate surface area is 124 Å². The Morgan fingerprint density at radius 2 is 2.10 bits per heavy atom. The van der Waals surface area contributed by atoms with Crippen LogP contribution in [0.15, 0.2) is 24.3 Å². The van der Waals surface area contributed by atoms with E-state index in [-0.39, 0.29) is 6.04 Å². The second-order valence-corrected chi connectivity index (χ2v) is 4.80. The largest absolute Gasteiger partial charge is 0.497 e. The fourth-order valence-corrected chi connectivity index (χ4v) is 2.46. The Bertz CT molecular complexity index is 610. The van der Waals surface area contributed by atoms with Gasteiger partial charge in [-0.1, -0.05) is 6.07 Å². The Morgan fingerprint density at radius 3 is 2.71 bits per heavy atom. The maximum absolute atomic E-state index is 5.94. The van der Waals surface area contributed by atoms with Crippen LogP contribution in [-0.2, 0) is 7.05 Å². The SMILES string of the molecule is COc1cccc(NC(CN)c2c(C)nn(C)c2OC)c1. The fourth-order valence-electron chi connectivity index (χ4n) is 2.46. The number of nitrogens with one attached hydrogen (secondary N) is 1. The summed E-state index contributed by atoms with van der Waals surface area (Å²) in [6.45, 7) is 2.38. The first kappa shape index (κ1) is 15.2. The highest BCUT2D eigenvalue weighted by Gasteiger charge is 2.22. The highest BCUT2D eigenvalue weighted by atomic mass is 16.5. The van der Waals surface area contributed by atoms with E-state index in [4.69, 9.17) is 15.2 Å². The van der Waals surface area contributed by atoms with Gasteiger partial charge in [0, 0.05) is 25.3 Å². The number of ether oxygens (including phenoxy) is 2. The predicted octanol–water partition coefficient (Wildman–Crippen LogP) is 1.86. The van der Waals surface area contributed by atoms with Crippen molar-refractivity contribution in [2.24, 2.45) is 12.8 Å². The zero-order chi connectivity index (χ0) is 15.4. The van der Waals surface area contributed by atoms with E-state index >= 15 is 0 Å². The molecule has 0 amide bonds. The van der Waals surface area contributed by atoms with Crippen molar-refractivity contribution in [3.63, 3.8) is 0 Å². The molecule has 114 valence electrons. The molecule has 1 heterocycles. The third-order valence-corrected chi connectivity index (χ3v) is 3.40. The number of anilines is 1. The van der Waals surface area contributed by atoms with E-state index in [1.807, 2.05) is 38.2 Å². The molecule has 1 unspecified atom stereocenters. The minimum atomic E-state index is -0.0826. The molecule has 1 aromatic carbocycles. The normalized spacial score (nSPS) is 12.0. The number of nitrogens with zero attached hydrogens (tertiary/aromatic N) is 2. The summed E-state index contributed by atoms with van der Waals surface area (Å²) >= 11 is 0. The molecule has 0 spiro atoms. The summed E-state index contributed by atoms with van der Waals surface area (Å²) in [4.78, 5) is 0. The second-order valence-electron chi connectivity index (χ2n) is 4.80. The van der Waals surface area contributed by atoms with Gasteiger partial charge in [-0.3, -0.25) is 0 Å². The van der Waals surface area contributed by atoms with Crippen LogP contribution in [0.2, 0.25) is 0 Å². The summed E-state index contributed by atoms with van der Waals surface area (Å²) in [6, 6.07) is 7.66. The number of aryl methyl sites for hydroxylation is 2. The lowest BCUT2D eigenvalue weighted by Gasteiger charge is -2.19. The van der Waals surface area contributed by atoms with E-state index in [9.17, 15) is 0 Å². The molecule has 6 nitrogen and oxygen atoms in total. The van der Waals surface area contributed by atoms with Gasteiger partial charge in [0.15, 0.2) is 0 Å². The van der Waals surface area contributed by atoms with Gasteiger partial charge >= 0.3 is 0 Å². The van der Waals surface area contributed by atoms with Crippen molar-refractivity contribution in [1.29, 1.82) is 0 Å². The maximum Gasteiger partial charge on any atom is 0.216 e. The number of hydrogen-bond acceptors (Lipinski definition) is 5. The Balaban J connectivity index is 2.32. The maximum atomic E-state index is 5.94. The molecule has 3 N–H and O–H groups in total. The van der Waals surface area contributed by atoms with Crippen LogP contribution in [0.25, 0.3) is 0 Å². The summed E-state index contributed by atoms with van der Waals surface area (Å²) in [5.41, 5.74) is 8.76. The van der Waals surface area contributed by atoms with Gasteiger partial charge in [-0.15, -0.1) is 0 Å². The standard InChI is InChI=1S/C15H22N4O2/c1-10-14(15(21-4)19(2)18-10)13(9-16)17-11-6-5-7-12(8-11)20-3/h5-8,13,17H,9,16H2,1-4H3. The van der Waals surface area contributed by atoms with Crippen molar-refractivity contribution >= 4 is 5.69 Å². The molecule has 0 aliphatic carbocycles. The van der Waals surface area contributed by atoms with Gasteiger partial charge < -0.3 is 20.5 Å². The molecule has 2 aromatic rings. The molecule has 0 saturated heterocycles. The van der Waals surface area contributed by atoms with Crippen LogP contribution in [-0.4, -0.2) is 30.5 Å². The van der Waals surface area contributed by atoms with E-state index in [0.29, 0.717) is 6.54 Å². The van der Waals surface area contributed by atoms with Gasteiger partial charge in [0.2, 0.25) is 5.88 Å². The first-order chi connectivity index (χ1) is 10.1. The van der Waals surface area contributed by atoms with Crippen LogP contribution in [0.3, 0.4) is 0 Å². The first-order valence-corrected chi connectivity index (χ1v) is 6.78. The number of aromatic nitrogens is 2.